The minimum atomic E-state index is 0.00603. The second-order valence-corrected chi connectivity index (χ2v) is 6.60. The number of carbonyl (C=O) groups excluding carboxylic acids is 1. The fraction of sp³-hybridized carbons (Fsp3) is 0.130. The number of pyridine rings is 1. The van der Waals surface area contributed by atoms with E-state index in [1.165, 1.54) is 5.39 Å². The zero-order valence-electron chi connectivity index (χ0n) is 15.2. The molecule has 0 saturated heterocycles. The molecule has 0 N–H and O–H groups in total. The Morgan fingerprint density at radius 3 is 2.41 bits per heavy atom. The van der Waals surface area contributed by atoms with Crippen LogP contribution in [0.25, 0.3) is 10.9 Å². The Bertz CT molecular complexity index is 1050. The number of amides is 1. The molecule has 27 heavy (non-hydrogen) atoms. The molecule has 4 aromatic rings. The van der Waals surface area contributed by atoms with Crippen LogP contribution in [0.1, 0.15) is 21.7 Å². The van der Waals surface area contributed by atoms with Crippen molar-refractivity contribution in [1.29, 1.82) is 0 Å². The van der Waals surface area contributed by atoms with Gasteiger partial charge in [0.2, 0.25) is 0 Å². The lowest BCUT2D eigenvalue weighted by Gasteiger charge is -2.23. The Labute approximate surface area is 158 Å². The number of carbonyl (C=O) groups is 1. The third-order valence-corrected chi connectivity index (χ3v) is 4.79. The topological polar surface area (TPSA) is 38.1 Å². The molecule has 0 bridgehead atoms. The van der Waals surface area contributed by atoms with Gasteiger partial charge >= 0.3 is 0 Å². The minimum Gasteiger partial charge on any atom is -0.346 e. The van der Waals surface area contributed by atoms with Crippen molar-refractivity contribution in [3.8, 4) is 0 Å². The predicted molar refractivity (Wildman–Crippen MR) is 107 cm³/mol. The van der Waals surface area contributed by atoms with Crippen LogP contribution in [0.3, 0.4) is 0 Å². The first-order chi connectivity index (χ1) is 13.2. The molecule has 134 valence electrons. The van der Waals surface area contributed by atoms with Crippen LogP contribution in [-0.2, 0) is 20.1 Å². The fourth-order valence-corrected chi connectivity index (χ4v) is 3.34. The molecule has 0 spiro atoms. The van der Waals surface area contributed by atoms with Crippen molar-refractivity contribution in [2.75, 3.05) is 0 Å². The van der Waals surface area contributed by atoms with Gasteiger partial charge in [0.1, 0.15) is 0 Å². The van der Waals surface area contributed by atoms with Gasteiger partial charge in [-0.15, -0.1) is 0 Å². The van der Waals surface area contributed by atoms with Crippen LogP contribution in [-0.4, -0.2) is 20.4 Å². The lowest BCUT2D eigenvalue weighted by molar-refractivity contribution is 0.0724. The molecule has 4 rings (SSSR count). The fourth-order valence-electron chi connectivity index (χ4n) is 3.34. The van der Waals surface area contributed by atoms with Crippen molar-refractivity contribution in [1.82, 2.24) is 14.5 Å². The number of hydrogen-bond donors (Lipinski definition) is 0. The van der Waals surface area contributed by atoms with Crippen LogP contribution in [0.2, 0.25) is 0 Å². The van der Waals surface area contributed by atoms with E-state index in [1.54, 1.807) is 6.20 Å². The number of rotatable bonds is 5. The summed E-state index contributed by atoms with van der Waals surface area (Å²) in [6.45, 7) is 0.992. The van der Waals surface area contributed by atoms with Gasteiger partial charge in [-0.25, -0.2) is 0 Å². The standard InChI is InChI=1S/C23H21N3O/c1-25-21(15-19-11-5-6-13-22(19)25)17-26(16-20-12-7-8-14-24-20)23(27)18-9-3-2-4-10-18/h2-15H,16-17H2,1H3. The van der Waals surface area contributed by atoms with Crippen molar-refractivity contribution in [2.24, 2.45) is 7.05 Å². The summed E-state index contributed by atoms with van der Waals surface area (Å²) in [4.78, 5) is 19.4. The third kappa shape index (κ3) is 3.60. The quantitative estimate of drug-likeness (QED) is 0.532. The largest absolute Gasteiger partial charge is 0.346 e. The highest BCUT2D eigenvalue weighted by Gasteiger charge is 2.19. The third-order valence-electron chi connectivity index (χ3n) is 4.79. The summed E-state index contributed by atoms with van der Waals surface area (Å²) in [6, 6.07) is 25.6. The van der Waals surface area contributed by atoms with Gasteiger partial charge in [-0.2, -0.15) is 0 Å². The molecule has 0 atom stereocenters. The lowest BCUT2D eigenvalue weighted by atomic mass is 10.2. The SMILES string of the molecule is Cn1c(CN(Cc2ccccn2)C(=O)c2ccccc2)cc2ccccc21. The summed E-state index contributed by atoms with van der Waals surface area (Å²) < 4.78 is 2.15. The van der Waals surface area contributed by atoms with Gasteiger partial charge in [-0.05, 0) is 41.8 Å². The van der Waals surface area contributed by atoms with Gasteiger partial charge in [0.15, 0.2) is 0 Å². The van der Waals surface area contributed by atoms with Crippen molar-refractivity contribution in [2.45, 2.75) is 13.1 Å². The molecule has 4 heteroatoms. The van der Waals surface area contributed by atoms with E-state index in [9.17, 15) is 4.79 Å². The Kier molecular flexibility index (Phi) is 4.71. The van der Waals surface area contributed by atoms with Crippen LogP contribution in [0.5, 0.6) is 0 Å². The average molecular weight is 355 g/mol. The summed E-state index contributed by atoms with van der Waals surface area (Å²) in [5.41, 5.74) is 3.82. The van der Waals surface area contributed by atoms with Gasteiger partial charge in [0.25, 0.3) is 5.91 Å². The summed E-state index contributed by atoms with van der Waals surface area (Å²) in [5.74, 6) is 0.00603. The van der Waals surface area contributed by atoms with Gasteiger partial charge in [0, 0.05) is 30.0 Å². The van der Waals surface area contributed by atoms with Crippen LogP contribution in [0, 0.1) is 0 Å². The van der Waals surface area contributed by atoms with Crippen molar-refractivity contribution < 1.29 is 4.79 Å². The van der Waals surface area contributed by atoms with Crippen LogP contribution >= 0.6 is 0 Å². The first-order valence-electron chi connectivity index (χ1n) is 9.00. The molecule has 2 heterocycles. The molecule has 0 aliphatic heterocycles. The monoisotopic (exact) mass is 355 g/mol. The van der Waals surface area contributed by atoms with Crippen molar-refractivity contribution in [3.05, 3.63) is 102 Å². The number of fused-ring (bicyclic) bond motifs is 1. The van der Waals surface area contributed by atoms with E-state index in [1.807, 2.05) is 72.6 Å². The average Bonchev–Trinajstić information content (AvgIpc) is 3.04. The van der Waals surface area contributed by atoms with E-state index < -0.39 is 0 Å². The number of hydrogen-bond acceptors (Lipinski definition) is 2. The van der Waals surface area contributed by atoms with Gasteiger partial charge in [-0.3, -0.25) is 9.78 Å². The number of benzene rings is 2. The predicted octanol–water partition coefficient (Wildman–Crippen LogP) is 4.42. The Hall–Kier alpha value is -3.40. The Morgan fingerprint density at radius 1 is 0.926 bits per heavy atom. The van der Waals surface area contributed by atoms with E-state index in [4.69, 9.17) is 0 Å². The number of aryl methyl sites for hydroxylation is 1. The van der Waals surface area contributed by atoms with E-state index in [-0.39, 0.29) is 5.91 Å². The molecule has 0 fully saturated rings. The van der Waals surface area contributed by atoms with Gasteiger partial charge < -0.3 is 9.47 Å². The van der Waals surface area contributed by atoms with Crippen molar-refractivity contribution >= 4 is 16.8 Å². The molecular weight excluding hydrogens is 334 g/mol. The second kappa shape index (κ2) is 7.46. The summed E-state index contributed by atoms with van der Waals surface area (Å²) in [6.07, 6.45) is 1.76. The van der Waals surface area contributed by atoms with Gasteiger partial charge in [-0.1, -0.05) is 42.5 Å². The molecule has 1 amide bonds. The minimum absolute atomic E-state index is 0.00603. The molecule has 0 radical (unpaired) electrons. The maximum atomic E-state index is 13.2. The maximum Gasteiger partial charge on any atom is 0.254 e. The summed E-state index contributed by atoms with van der Waals surface area (Å²) in [7, 11) is 2.05. The number of nitrogens with zero attached hydrogens (tertiary/aromatic N) is 3. The van der Waals surface area contributed by atoms with Crippen LogP contribution in [0.4, 0.5) is 0 Å². The molecule has 0 aliphatic carbocycles. The molecule has 0 saturated carbocycles. The maximum absolute atomic E-state index is 13.2. The second-order valence-electron chi connectivity index (χ2n) is 6.60. The normalized spacial score (nSPS) is 10.9. The first-order valence-corrected chi connectivity index (χ1v) is 9.00. The number of aromatic nitrogens is 2. The molecule has 0 aliphatic rings. The van der Waals surface area contributed by atoms with Crippen LogP contribution in [0.15, 0.2) is 85.1 Å². The molecule has 4 nitrogen and oxygen atoms in total. The molecule has 2 aromatic carbocycles. The Balaban J connectivity index is 1.68. The molecule has 2 aromatic heterocycles. The van der Waals surface area contributed by atoms with Gasteiger partial charge in [0.05, 0.1) is 18.8 Å². The Morgan fingerprint density at radius 2 is 1.67 bits per heavy atom. The summed E-state index contributed by atoms with van der Waals surface area (Å²) in [5, 5.41) is 1.18. The summed E-state index contributed by atoms with van der Waals surface area (Å²) >= 11 is 0. The highest BCUT2D eigenvalue weighted by molar-refractivity contribution is 5.94. The molecular formula is C23H21N3O. The zero-order valence-corrected chi connectivity index (χ0v) is 15.2. The smallest absolute Gasteiger partial charge is 0.254 e. The molecule has 0 unspecified atom stereocenters. The van der Waals surface area contributed by atoms with Crippen molar-refractivity contribution in [3.63, 3.8) is 0 Å². The first kappa shape index (κ1) is 17.0. The zero-order chi connectivity index (χ0) is 18.6. The van der Waals surface area contributed by atoms with E-state index in [2.05, 4.69) is 27.8 Å². The lowest BCUT2D eigenvalue weighted by Crippen LogP contribution is -2.31. The van der Waals surface area contributed by atoms with E-state index in [0.29, 0.717) is 18.7 Å². The van der Waals surface area contributed by atoms with Crippen LogP contribution < -0.4 is 0 Å². The van der Waals surface area contributed by atoms with E-state index >= 15 is 0 Å². The highest BCUT2D eigenvalue weighted by atomic mass is 16.2. The van der Waals surface area contributed by atoms with E-state index in [0.717, 1.165) is 16.9 Å². The number of para-hydroxylation sites is 1. The highest BCUT2D eigenvalue weighted by Crippen LogP contribution is 2.21.